The average Bonchev–Trinajstić information content (AvgIpc) is 3.01. The van der Waals surface area contributed by atoms with Crippen LogP contribution in [-0.2, 0) is 22.4 Å². The maximum absolute atomic E-state index is 12.1. The fourth-order valence-electron chi connectivity index (χ4n) is 2.07. The van der Waals surface area contributed by atoms with Crippen molar-refractivity contribution < 1.29 is 19.8 Å². The van der Waals surface area contributed by atoms with Gasteiger partial charge in [0.25, 0.3) is 0 Å². The van der Waals surface area contributed by atoms with E-state index in [1.165, 1.54) is 24.7 Å². The molecule has 8 heteroatoms. The number of phenols is 1. The second kappa shape index (κ2) is 7.41. The fourth-order valence-corrected chi connectivity index (χ4v) is 2.07. The van der Waals surface area contributed by atoms with Crippen molar-refractivity contribution in [2.75, 3.05) is 0 Å². The maximum atomic E-state index is 12.1. The van der Waals surface area contributed by atoms with E-state index in [1.54, 1.807) is 12.1 Å². The molecule has 0 aliphatic heterocycles. The molecular formula is C15H18N4O4. The summed E-state index contributed by atoms with van der Waals surface area (Å²) in [4.78, 5) is 29.9. The molecule has 0 spiro atoms. The van der Waals surface area contributed by atoms with Crippen LogP contribution < -0.4 is 11.1 Å². The first-order valence-electron chi connectivity index (χ1n) is 6.99. The zero-order valence-electron chi connectivity index (χ0n) is 12.3. The van der Waals surface area contributed by atoms with E-state index in [-0.39, 0.29) is 18.6 Å². The molecule has 0 radical (unpaired) electrons. The van der Waals surface area contributed by atoms with Gasteiger partial charge in [-0.15, -0.1) is 0 Å². The van der Waals surface area contributed by atoms with Crippen LogP contribution in [0.2, 0.25) is 0 Å². The van der Waals surface area contributed by atoms with Crippen molar-refractivity contribution in [3.05, 3.63) is 48.0 Å². The summed E-state index contributed by atoms with van der Waals surface area (Å²) in [7, 11) is 0. The normalized spacial score (nSPS) is 13.3. The van der Waals surface area contributed by atoms with Crippen molar-refractivity contribution in [1.82, 2.24) is 15.3 Å². The Morgan fingerprint density at radius 1 is 1.26 bits per heavy atom. The topological polar surface area (TPSA) is 141 Å². The number of aliphatic carboxylic acids is 1. The number of carbonyl (C=O) groups is 2. The third-order valence-electron chi connectivity index (χ3n) is 3.32. The van der Waals surface area contributed by atoms with Crippen molar-refractivity contribution in [1.29, 1.82) is 0 Å². The number of carboxylic acids is 1. The quantitative estimate of drug-likeness (QED) is 0.478. The highest BCUT2D eigenvalue weighted by Crippen LogP contribution is 2.11. The monoisotopic (exact) mass is 318 g/mol. The Morgan fingerprint density at radius 2 is 1.96 bits per heavy atom. The van der Waals surface area contributed by atoms with Crippen molar-refractivity contribution >= 4 is 11.9 Å². The van der Waals surface area contributed by atoms with Gasteiger partial charge >= 0.3 is 5.97 Å². The van der Waals surface area contributed by atoms with E-state index in [9.17, 15) is 19.8 Å². The van der Waals surface area contributed by atoms with Gasteiger partial charge in [0.1, 0.15) is 11.8 Å². The first-order chi connectivity index (χ1) is 11.0. The number of hydrogen-bond donors (Lipinski definition) is 5. The lowest BCUT2D eigenvalue weighted by Gasteiger charge is -2.17. The van der Waals surface area contributed by atoms with Gasteiger partial charge in [0.05, 0.1) is 12.4 Å². The number of aromatic amines is 1. The molecule has 6 N–H and O–H groups in total. The van der Waals surface area contributed by atoms with Crippen molar-refractivity contribution in [2.24, 2.45) is 5.73 Å². The number of H-pyrrole nitrogens is 1. The molecule has 0 bridgehead atoms. The van der Waals surface area contributed by atoms with Crippen LogP contribution in [0.15, 0.2) is 36.8 Å². The first-order valence-corrected chi connectivity index (χ1v) is 6.99. The number of aromatic nitrogens is 2. The first kappa shape index (κ1) is 16.5. The Labute approximate surface area is 132 Å². The predicted octanol–water partition coefficient (Wildman–Crippen LogP) is -0.203. The van der Waals surface area contributed by atoms with Crippen LogP contribution in [0.25, 0.3) is 0 Å². The standard InChI is InChI=1S/C15H18N4O4/c16-12(5-9-1-3-11(20)4-2-9)14(21)19-13(15(22)23)6-10-7-17-8-18-10/h1-4,7-8,12-13,20H,5-6,16H2,(H,17,18)(H,19,21)(H,22,23). The number of nitrogens with two attached hydrogens (primary N) is 1. The second-order valence-corrected chi connectivity index (χ2v) is 5.16. The van der Waals surface area contributed by atoms with Gasteiger partial charge in [-0.05, 0) is 24.1 Å². The average molecular weight is 318 g/mol. The molecule has 2 rings (SSSR count). The highest BCUT2D eigenvalue weighted by molar-refractivity contribution is 5.87. The molecule has 0 aliphatic rings. The number of carbonyl (C=O) groups excluding carboxylic acids is 1. The number of phenolic OH excluding ortho intramolecular Hbond substituents is 1. The number of imidazole rings is 1. The summed E-state index contributed by atoms with van der Waals surface area (Å²) in [5.41, 5.74) is 7.19. The van der Waals surface area contributed by atoms with E-state index in [0.29, 0.717) is 5.69 Å². The minimum absolute atomic E-state index is 0.0903. The number of aromatic hydroxyl groups is 1. The SMILES string of the molecule is NC(Cc1ccc(O)cc1)C(=O)NC(Cc1cnc[nH]1)C(=O)O. The molecule has 2 atom stereocenters. The summed E-state index contributed by atoms with van der Waals surface area (Å²) in [6, 6.07) is 4.33. The molecule has 8 nitrogen and oxygen atoms in total. The van der Waals surface area contributed by atoms with Crippen LogP contribution in [0.1, 0.15) is 11.3 Å². The number of carboxylic acid groups (broad SMARTS) is 1. The van der Waals surface area contributed by atoms with E-state index in [0.717, 1.165) is 5.56 Å². The minimum atomic E-state index is -1.15. The van der Waals surface area contributed by atoms with E-state index >= 15 is 0 Å². The number of benzene rings is 1. The zero-order chi connectivity index (χ0) is 16.8. The van der Waals surface area contributed by atoms with Gasteiger partial charge in [-0.1, -0.05) is 12.1 Å². The lowest BCUT2D eigenvalue weighted by atomic mass is 10.0. The van der Waals surface area contributed by atoms with Crippen LogP contribution in [0.3, 0.4) is 0 Å². The van der Waals surface area contributed by atoms with E-state index < -0.39 is 24.0 Å². The number of rotatable bonds is 7. The number of hydrogen-bond acceptors (Lipinski definition) is 5. The molecule has 2 aromatic rings. The second-order valence-electron chi connectivity index (χ2n) is 5.16. The minimum Gasteiger partial charge on any atom is -0.508 e. The Kier molecular flexibility index (Phi) is 5.32. The molecule has 0 fully saturated rings. The molecule has 23 heavy (non-hydrogen) atoms. The van der Waals surface area contributed by atoms with Crippen molar-refractivity contribution in [3.8, 4) is 5.75 Å². The largest absolute Gasteiger partial charge is 0.508 e. The van der Waals surface area contributed by atoms with E-state index in [1.807, 2.05) is 0 Å². The smallest absolute Gasteiger partial charge is 0.326 e. The number of nitrogens with one attached hydrogen (secondary N) is 2. The van der Waals surface area contributed by atoms with Gasteiger partial charge in [0.2, 0.25) is 5.91 Å². The third-order valence-corrected chi connectivity index (χ3v) is 3.32. The molecule has 1 heterocycles. The predicted molar refractivity (Wildman–Crippen MR) is 81.6 cm³/mol. The number of amides is 1. The van der Waals surface area contributed by atoms with Crippen LogP contribution in [-0.4, -0.2) is 44.1 Å². The molecule has 1 aromatic heterocycles. The van der Waals surface area contributed by atoms with Crippen LogP contribution in [0.5, 0.6) is 5.75 Å². The van der Waals surface area contributed by atoms with Gasteiger partial charge in [-0.25, -0.2) is 9.78 Å². The van der Waals surface area contributed by atoms with Gasteiger partial charge in [-0.3, -0.25) is 4.79 Å². The molecule has 0 saturated heterocycles. The molecular weight excluding hydrogens is 300 g/mol. The van der Waals surface area contributed by atoms with Gasteiger partial charge in [0, 0.05) is 18.3 Å². The molecule has 0 aliphatic carbocycles. The summed E-state index contributed by atoms with van der Waals surface area (Å²) in [6.45, 7) is 0. The molecule has 122 valence electrons. The third kappa shape index (κ3) is 4.82. The van der Waals surface area contributed by atoms with Crippen LogP contribution >= 0.6 is 0 Å². The molecule has 1 amide bonds. The Hall–Kier alpha value is -2.87. The molecule has 1 aromatic carbocycles. The Balaban J connectivity index is 1.94. The van der Waals surface area contributed by atoms with Crippen molar-refractivity contribution in [2.45, 2.75) is 24.9 Å². The summed E-state index contributed by atoms with van der Waals surface area (Å²) in [5, 5.41) is 20.8. The van der Waals surface area contributed by atoms with Gasteiger partial charge in [-0.2, -0.15) is 0 Å². The summed E-state index contributed by atoms with van der Waals surface area (Å²) in [6.07, 6.45) is 3.26. The lowest BCUT2D eigenvalue weighted by Crippen LogP contribution is -2.50. The highest BCUT2D eigenvalue weighted by atomic mass is 16.4. The van der Waals surface area contributed by atoms with E-state index in [4.69, 9.17) is 5.73 Å². The van der Waals surface area contributed by atoms with Crippen molar-refractivity contribution in [3.63, 3.8) is 0 Å². The molecule has 2 unspecified atom stereocenters. The molecule has 0 saturated carbocycles. The van der Waals surface area contributed by atoms with Crippen LogP contribution in [0.4, 0.5) is 0 Å². The van der Waals surface area contributed by atoms with Crippen LogP contribution in [0, 0.1) is 0 Å². The zero-order valence-corrected chi connectivity index (χ0v) is 12.3. The number of nitrogens with zero attached hydrogens (tertiary/aromatic N) is 1. The van der Waals surface area contributed by atoms with Gasteiger partial charge < -0.3 is 26.2 Å². The van der Waals surface area contributed by atoms with Gasteiger partial charge in [0.15, 0.2) is 0 Å². The highest BCUT2D eigenvalue weighted by Gasteiger charge is 2.24. The lowest BCUT2D eigenvalue weighted by molar-refractivity contribution is -0.142. The summed E-state index contributed by atoms with van der Waals surface area (Å²) >= 11 is 0. The summed E-state index contributed by atoms with van der Waals surface area (Å²) in [5.74, 6) is -1.58. The Bertz CT molecular complexity index is 655. The maximum Gasteiger partial charge on any atom is 0.326 e. The Morgan fingerprint density at radius 3 is 2.52 bits per heavy atom. The van der Waals surface area contributed by atoms with E-state index in [2.05, 4.69) is 15.3 Å². The fraction of sp³-hybridized carbons (Fsp3) is 0.267. The summed E-state index contributed by atoms with van der Waals surface area (Å²) < 4.78 is 0.